The van der Waals surface area contributed by atoms with E-state index in [4.69, 9.17) is 4.74 Å². The van der Waals surface area contributed by atoms with Crippen LogP contribution in [-0.4, -0.2) is 38.9 Å². The summed E-state index contributed by atoms with van der Waals surface area (Å²) in [6.45, 7) is 2.01. The van der Waals surface area contributed by atoms with Crippen molar-refractivity contribution in [3.63, 3.8) is 0 Å². The molecule has 3 rings (SSSR count). The molecule has 3 atom stereocenters. The number of anilines is 1. The molecule has 0 aliphatic heterocycles. The number of nitrogens with one attached hydrogen (secondary N) is 3. The maximum absolute atomic E-state index is 13.3. The van der Waals surface area contributed by atoms with Crippen molar-refractivity contribution in [3.8, 4) is 0 Å². The van der Waals surface area contributed by atoms with Crippen LogP contribution in [-0.2, 0) is 40.1 Å². The molecule has 1 unspecified atom stereocenters. The van der Waals surface area contributed by atoms with Crippen molar-refractivity contribution in [1.29, 1.82) is 0 Å². The monoisotopic (exact) mass is 515 g/mol. The Kier molecular flexibility index (Phi) is 9.76. The molecule has 0 saturated heterocycles. The molecule has 0 aliphatic carbocycles. The second-order valence-electron chi connectivity index (χ2n) is 7.71. The van der Waals surface area contributed by atoms with Gasteiger partial charge in [0.25, 0.3) is 0 Å². The largest absolute Gasteiger partial charge is 0.755 e. The highest BCUT2D eigenvalue weighted by Gasteiger charge is 2.26. The van der Waals surface area contributed by atoms with E-state index in [2.05, 4.69) is 20.3 Å². The summed E-state index contributed by atoms with van der Waals surface area (Å²) in [4.78, 5) is 29.9. The molecule has 186 valence electrons. The third-order valence-electron chi connectivity index (χ3n) is 5.22. The Morgan fingerprint density at radius 1 is 1.06 bits per heavy atom. The number of methoxy groups -OCH3 is 1. The fourth-order valence-corrected chi connectivity index (χ4v) is 4.70. The predicted octanol–water partition coefficient (Wildman–Crippen LogP) is 3.28. The number of alkyl carbamates (subject to hydrolysis) is 1. The Morgan fingerprint density at radius 3 is 2.34 bits per heavy atom. The van der Waals surface area contributed by atoms with Crippen LogP contribution in [0.3, 0.4) is 0 Å². The van der Waals surface area contributed by atoms with Crippen LogP contribution in [0.5, 0.6) is 0 Å². The number of rotatable bonds is 11. The van der Waals surface area contributed by atoms with E-state index in [-0.39, 0.29) is 5.91 Å². The number of benzene rings is 2. The number of nitrogens with zero attached hydrogens (tertiary/aromatic N) is 1. The lowest BCUT2D eigenvalue weighted by Gasteiger charge is -2.22. The molecule has 1 aromatic heterocycles. The minimum Gasteiger partial charge on any atom is -0.755 e. The molecule has 3 aromatic rings. The van der Waals surface area contributed by atoms with Crippen molar-refractivity contribution in [2.24, 2.45) is 0 Å². The first-order chi connectivity index (χ1) is 16.9. The average molecular weight is 516 g/mol. The lowest BCUT2D eigenvalue weighted by molar-refractivity contribution is -0.123. The molecule has 0 spiro atoms. The highest BCUT2D eigenvalue weighted by molar-refractivity contribution is 7.80. The van der Waals surface area contributed by atoms with E-state index in [9.17, 15) is 18.4 Å². The van der Waals surface area contributed by atoms with Crippen LogP contribution in [0.25, 0.3) is 0 Å². The maximum atomic E-state index is 13.3. The number of carbonyl (C=O) groups is 2. The number of hydrogen-bond acceptors (Lipinski definition) is 7. The first-order valence-corrected chi connectivity index (χ1v) is 12.9. The highest BCUT2D eigenvalue weighted by Crippen LogP contribution is 2.24. The van der Waals surface area contributed by atoms with Gasteiger partial charge >= 0.3 is 6.09 Å². The lowest BCUT2D eigenvalue weighted by Crippen LogP contribution is -2.49. The number of thiazole rings is 1. The normalized spacial score (nSPS) is 13.3. The van der Waals surface area contributed by atoms with E-state index in [1.165, 1.54) is 18.4 Å². The molecule has 9 nitrogen and oxygen atoms in total. The second kappa shape index (κ2) is 13.0. The van der Waals surface area contributed by atoms with Gasteiger partial charge in [-0.3, -0.25) is 9.00 Å². The zero-order chi connectivity index (χ0) is 25.2. The molecule has 2 amide bonds. The molecule has 3 N–H and O–H groups in total. The third kappa shape index (κ3) is 8.16. The van der Waals surface area contributed by atoms with Crippen LogP contribution < -0.4 is 15.4 Å². The highest BCUT2D eigenvalue weighted by atomic mass is 32.2. The van der Waals surface area contributed by atoms with E-state index in [1.54, 1.807) is 24.3 Å². The quantitative estimate of drug-likeness (QED) is 0.336. The zero-order valence-corrected chi connectivity index (χ0v) is 21.0. The molecule has 0 fully saturated rings. The Bertz CT molecular complexity index is 1140. The molecular formula is C24H27N4O5S2-. The van der Waals surface area contributed by atoms with Gasteiger partial charge in [-0.25, -0.2) is 9.78 Å². The molecule has 11 heteroatoms. The topological polar surface area (TPSA) is 132 Å². The minimum atomic E-state index is -2.41. The Balaban J connectivity index is 1.81. The number of amides is 2. The molecule has 0 aliphatic rings. The van der Waals surface area contributed by atoms with Crippen molar-refractivity contribution in [2.45, 2.75) is 38.3 Å². The molecular weight excluding hydrogens is 488 g/mol. The van der Waals surface area contributed by atoms with Crippen LogP contribution >= 0.6 is 11.3 Å². The molecule has 1 heterocycles. The van der Waals surface area contributed by atoms with Crippen molar-refractivity contribution in [3.05, 3.63) is 81.8 Å². The van der Waals surface area contributed by atoms with Crippen LogP contribution in [0.15, 0.2) is 60.0 Å². The van der Waals surface area contributed by atoms with Crippen LogP contribution in [0.1, 0.15) is 34.8 Å². The first-order valence-electron chi connectivity index (χ1n) is 11.0. The van der Waals surface area contributed by atoms with Gasteiger partial charge in [0.1, 0.15) is 11.0 Å². The number of aromatic nitrogens is 1. The lowest BCUT2D eigenvalue weighted by atomic mass is 10.0. The third-order valence-corrected chi connectivity index (χ3v) is 6.63. The molecule has 0 radical (unpaired) electrons. The van der Waals surface area contributed by atoms with Crippen LogP contribution in [0.4, 0.5) is 10.5 Å². The van der Waals surface area contributed by atoms with Gasteiger partial charge < -0.3 is 24.6 Å². The van der Waals surface area contributed by atoms with Gasteiger partial charge in [-0.1, -0.05) is 49.4 Å². The van der Waals surface area contributed by atoms with Crippen LogP contribution in [0.2, 0.25) is 0 Å². The van der Waals surface area contributed by atoms with Gasteiger partial charge in [0, 0.05) is 28.8 Å². The smallest absolute Gasteiger partial charge is 0.407 e. The van der Waals surface area contributed by atoms with Gasteiger partial charge in [-0.15, -0.1) is 11.3 Å². The Hall–Kier alpha value is -3.28. The van der Waals surface area contributed by atoms with Crippen molar-refractivity contribution >= 4 is 40.3 Å². The van der Waals surface area contributed by atoms with Gasteiger partial charge in [0.15, 0.2) is 0 Å². The Morgan fingerprint density at radius 2 is 1.74 bits per heavy atom. The van der Waals surface area contributed by atoms with Crippen molar-refractivity contribution < 1.29 is 23.1 Å². The van der Waals surface area contributed by atoms with E-state index in [0.29, 0.717) is 18.5 Å². The van der Waals surface area contributed by atoms with Gasteiger partial charge in [-0.05, 0) is 36.1 Å². The molecule has 0 saturated carbocycles. The van der Waals surface area contributed by atoms with Gasteiger partial charge in [0.2, 0.25) is 5.91 Å². The summed E-state index contributed by atoms with van der Waals surface area (Å²) in [6.07, 6.45) is 0.794. The number of aryl methyl sites for hydroxylation is 1. The number of hydrogen-bond donors (Lipinski definition) is 3. The summed E-state index contributed by atoms with van der Waals surface area (Å²) in [5.41, 5.74) is 3.14. The maximum Gasteiger partial charge on any atom is 0.407 e. The van der Waals surface area contributed by atoms with E-state index in [0.717, 1.165) is 28.2 Å². The fourth-order valence-electron chi connectivity index (χ4n) is 3.42. The Labute approximate surface area is 210 Å². The standard InChI is InChI=1S/C24H28N4O5S2/c1-3-18-15-34-23(25-18)21(14-17-9-11-19(12-10-17)28-35(31)32)26-22(29)20(27-24(30)33-2)13-16-7-5-4-6-8-16/h4-12,15,20-21,28H,3,13-14H2,1-2H3,(H,26,29)(H,27,30)(H,31,32)/p-1/t20-,21-/m0/s1. The zero-order valence-electron chi connectivity index (χ0n) is 19.4. The summed E-state index contributed by atoms with van der Waals surface area (Å²) in [5, 5.41) is 8.36. The fraction of sp³-hybridized carbons (Fsp3) is 0.292. The van der Waals surface area contributed by atoms with E-state index >= 15 is 0 Å². The summed E-state index contributed by atoms with van der Waals surface area (Å²) in [7, 11) is 1.25. The van der Waals surface area contributed by atoms with Crippen molar-refractivity contribution in [2.75, 3.05) is 11.8 Å². The summed E-state index contributed by atoms with van der Waals surface area (Å²) >= 11 is -0.951. The summed E-state index contributed by atoms with van der Waals surface area (Å²) in [5.74, 6) is -0.363. The minimum absolute atomic E-state index is 0.291. The number of ether oxygens (including phenoxy) is 1. The number of carbonyl (C=O) groups excluding carboxylic acids is 2. The first kappa shape index (κ1) is 26.3. The van der Waals surface area contributed by atoms with Crippen LogP contribution in [0, 0.1) is 0 Å². The second-order valence-corrected chi connectivity index (χ2v) is 9.27. The van der Waals surface area contributed by atoms with Gasteiger partial charge in [0.05, 0.1) is 18.8 Å². The molecule has 2 aromatic carbocycles. The van der Waals surface area contributed by atoms with Gasteiger partial charge in [-0.2, -0.15) is 0 Å². The van der Waals surface area contributed by atoms with E-state index in [1.807, 2.05) is 42.6 Å². The summed E-state index contributed by atoms with van der Waals surface area (Å²) in [6, 6.07) is 15.0. The average Bonchev–Trinajstić information content (AvgIpc) is 3.34. The van der Waals surface area contributed by atoms with E-state index < -0.39 is 29.4 Å². The molecule has 35 heavy (non-hydrogen) atoms. The summed E-state index contributed by atoms with van der Waals surface area (Å²) < 4.78 is 28.7. The predicted molar refractivity (Wildman–Crippen MR) is 135 cm³/mol. The SMILES string of the molecule is CCc1csc([C@H](Cc2ccc(NS(=O)[O-])cc2)NC(=O)[C@H](Cc2ccccc2)NC(=O)OC)n1. The van der Waals surface area contributed by atoms with Crippen molar-refractivity contribution in [1.82, 2.24) is 15.6 Å². The molecule has 0 bridgehead atoms.